The van der Waals surface area contributed by atoms with Crippen LogP contribution in [0.5, 0.6) is 11.5 Å². The lowest BCUT2D eigenvalue weighted by Crippen LogP contribution is -2.29. The van der Waals surface area contributed by atoms with E-state index in [1.54, 1.807) is 11.8 Å². The first-order valence-electron chi connectivity index (χ1n) is 12.0. The third-order valence-electron chi connectivity index (χ3n) is 6.17. The van der Waals surface area contributed by atoms with Gasteiger partial charge >= 0.3 is 0 Å². The van der Waals surface area contributed by atoms with E-state index in [-0.39, 0.29) is 5.78 Å². The van der Waals surface area contributed by atoms with Gasteiger partial charge in [-0.1, -0.05) is 42.8 Å². The number of piperidine rings is 1. The Morgan fingerprint density at radius 2 is 1.56 bits per heavy atom. The van der Waals surface area contributed by atoms with E-state index in [4.69, 9.17) is 4.74 Å². The molecule has 0 atom stereocenters. The predicted octanol–water partition coefficient (Wildman–Crippen LogP) is 6.50. The number of hydrogen-bond donors (Lipinski definition) is 0. The van der Waals surface area contributed by atoms with Gasteiger partial charge in [-0.15, -0.1) is 11.8 Å². The number of Topliss-reactive ketones (excluding diaryl/α,β-unsaturated/α-hetero) is 1. The van der Waals surface area contributed by atoms with Crippen molar-refractivity contribution in [2.24, 2.45) is 0 Å². The number of thioether (sulfide) groups is 1. The molecule has 5 heteroatoms. The van der Waals surface area contributed by atoms with E-state index in [0.717, 1.165) is 29.2 Å². The van der Waals surface area contributed by atoms with Crippen molar-refractivity contribution in [2.75, 3.05) is 32.9 Å². The van der Waals surface area contributed by atoms with Crippen LogP contribution in [0.4, 0.5) is 0 Å². The topological polar surface area (TPSA) is 32.8 Å². The molecule has 4 rings (SSSR count). The van der Waals surface area contributed by atoms with E-state index in [1.165, 1.54) is 42.8 Å². The summed E-state index contributed by atoms with van der Waals surface area (Å²) in [6.07, 6.45) is 5.99. The highest BCUT2D eigenvalue weighted by Gasteiger charge is 2.12. The molecule has 3 aromatic carbocycles. The molecule has 0 bridgehead atoms. The van der Waals surface area contributed by atoms with Crippen LogP contribution < -0.4 is 4.74 Å². The van der Waals surface area contributed by atoms with E-state index >= 15 is 0 Å². The zero-order valence-electron chi connectivity index (χ0n) is 20.2. The Kier molecular flexibility index (Phi) is 8.80. The van der Waals surface area contributed by atoms with Gasteiger partial charge in [0.15, 0.2) is 5.78 Å². The van der Waals surface area contributed by atoms with Crippen LogP contribution in [0, 0.1) is 0 Å². The summed E-state index contributed by atoms with van der Waals surface area (Å²) in [4.78, 5) is 18.4. The average Bonchev–Trinajstić information content (AvgIpc) is 2.85. The first kappa shape index (κ1) is 24.5. The molecule has 0 radical (unpaired) electrons. The molecule has 0 saturated carbocycles. The largest absolute Gasteiger partial charge is 0.457 e. The van der Waals surface area contributed by atoms with Crippen molar-refractivity contribution in [3.63, 3.8) is 0 Å². The third-order valence-corrected chi connectivity index (χ3v) is 6.91. The molecule has 0 unspecified atom stereocenters. The van der Waals surface area contributed by atoms with Crippen molar-refractivity contribution in [1.82, 2.24) is 9.80 Å². The molecule has 0 aromatic heterocycles. The summed E-state index contributed by atoms with van der Waals surface area (Å²) in [7, 11) is 1.98. The van der Waals surface area contributed by atoms with Crippen molar-refractivity contribution in [3.8, 4) is 11.5 Å². The number of carbonyl (C=O) groups excluding carboxylic acids is 1. The summed E-state index contributed by atoms with van der Waals surface area (Å²) in [5.41, 5.74) is 3.17. The van der Waals surface area contributed by atoms with Gasteiger partial charge in [0.2, 0.25) is 0 Å². The Bertz CT molecular complexity index is 1080. The first-order valence-corrected chi connectivity index (χ1v) is 13.3. The maximum atomic E-state index is 12.7. The molecule has 1 heterocycles. The SMILES string of the molecule is CSc1ccc(C(=O)CN(C)Cc2cccc(Oc3cccc(CN4CCCCC4)c3)c2)cc1. The Hall–Kier alpha value is -2.60. The monoisotopic (exact) mass is 474 g/mol. The molecular formula is C29H34N2O2S. The molecule has 178 valence electrons. The molecule has 0 aliphatic carbocycles. The number of likely N-dealkylation sites (tertiary alicyclic amines) is 1. The van der Waals surface area contributed by atoms with Crippen molar-refractivity contribution in [1.29, 1.82) is 0 Å². The van der Waals surface area contributed by atoms with Crippen molar-refractivity contribution in [3.05, 3.63) is 89.5 Å². The van der Waals surface area contributed by atoms with Crippen molar-refractivity contribution >= 4 is 17.5 Å². The van der Waals surface area contributed by atoms with Gasteiger partial charge in [-0.25, -0.2) is 0 Å². The van der Waals surface area contributed by atoms with Crippen LogP contribution >= 0.6 is 11.8 Å². The molecule has 3 aromatic rings. The number of benzene rings is 3. The van der Waals surface area contributed by atoms with E-state index in [2.05, 4.69) is 35.2 Å². The first-order chi connectivity index (χ1) is 16.6. The highest BCUT2D eigenvalue weighted by atomic mass is 32.2. The lowest BCUT2D eigenvalue weighted by atomic mass is 10.1. The lowest BCUT2D eigenvalue weighted by Gasteiger charge is -2.26. The van der Waals surface area contributed by atoms with E-state index < -0.39 is 0 Å². The van der Waals surface area contributed by atoms with Gasteiger partial charge in [0.05, 0.1) is 6.54 Å². The fraction of sp³-hybridized carbons (Fsp3) is 0.345. The molecule has 1 saturated heterocycles. The van der Waals surface area contributed by atoms with Gasteiger partial charge in [-0.2, -0.15) is 0 Å². The summed E-state index contributed by atoms with van der Waals surface area (Å²) < 4.78 is 6.20. The van der Waals surface area contributed by atoms with Crippen LogP contribution in [0.15, 0.2) is 77.7 Å². The van der Waals surface area contributed by atoms with Gasteiger partial charge < -0.3 is 4.74 Å². The second-order valence-corrected chi connectivity index (χ2v) is 9.94. The minimum atomic E-state index is 0.132. The number of ether oxygens (including phenoxy) is 1. The van der Waals surface area contributed by atoms with Gasteiger partial charge in [-0.05, 0) is 86.8 Å². The lowest BCUT2D eigenvalue weighted by molar-refractivity contribution is 0.0943. The molecule has 34 heavy (non-hydrogen) atoms. The normalized spacial score (nSPS) is 14.3. The number of nitrogens with zero attached hydrogens (tertiary/aromatic N) is 2. The number of likely N-dealkylation sites (N-methyl/N-ethyl adjacent to an activating group) is 1. The number of rotatable bonds is 10. The fourth-order valence-corrected chi connectivity index (χ4v) is 4.82. The number of ketones is 1. The smallest absolute Gasteiger partial charge is 0.176 e. The van der Waals surface area contributed by atoms with Gasteiger partial charge in [0, 0.05) is 23.5 Å². The second-order valence-electron chi connectivity index (χ2n) is 9.06. The van der Waals surface area contributed by atoms with Gasteiger partial charge in [0.1, 0.15) is 11.5 Å². The van der Waals surface area contributed by atoms with Crippen molar-refractivity contribution in [2.45, 2.75) is 37.2 Å². The molecular weight excluding hydrogens is 440 g/mol. The van der Waals surface area contributed by atoms with Crippen LogP contribution in [-0.2, 0) is 13.1 Å². The van der Waals surface area contributed by atoms with Crippen LogP contribution in [0.3, 0.4) is 0 Å². The molecule has 0 spiro atoms. The third kappa shape index (κ3) is 7.20. The van der Waals surface area contributed by atoms with E-state index in [0.29, 0.717) is 13.1 Å². The Morgan fingerprint density at radius 1 is 0.912 bits per heavy atom. The predicted molar refractivity (Wildman–Crippen MR) is 141 cm³/mol. The zero-order chi connectivity index (χ0) is 23.8. The van der Waals surface area contributed by atoms with Crippen LogP contribution in [0.2, 0.25) is 0 Å². The molecule has 4 nitrogen and oxygen atoms in total. The Morgan fingerprint density at radius 3 is 2.24 bits per heavy atom. The summed E-state index contributed by atoms with van der Waals surface area (Å²) in [5.74, 6) is 1.82. The highest BCUT2D eigenvalue weighted by Crippen LogP contribution is 2.25. The number of hydrogen-bond acceptors (Lipinski definition) is 5. The minimum Gasteiger partial charge on any atom is -0.457 e. The maximum Gasteiger partial charge on any atom is 0.176 e. The Balaban J connectivity index is 1.33. The average molecular weight is 475 g/mol. The summed E-state index contributed by atoms with van der Waals surface area (Å²) in [5, 5.41) is 0. The standard InChI is InChI=1S/C29H34N2O2S/c1-30(22-29(32)25-12-14-28(34-2)15-13-25)20-23-8-6-10-26(18-23)33-27-11-7-9-24(19-27)21-31-16-4-3-5-17-31/h6-15,18-19H,3-5,16-17,20-22H2,1-2H3. The second kappa shape index (κ2) is 12.2. The fourth-order valence-electron chi connectivity index (χ4n) is 4.41. The van der Waals surface area contributed by atoms with Crippen LogP contribution in [0.1, 0.15) is 40.7 Å². The quantitative estimate of drug-likeness (QED) is 0.247. The van der Waals surface area contributed by atoms with E-state index in [9.17, 15) is 4.79 Å². The minimum absolute atomic E-state index is 0.132. The molecule has 0 N–H and O–H groups in total. The molecule has 1 fully saturated rings. The molecule has 0 amide bonds. The summed E-state index contributed by atoms with van der Waals surface area (Å²) in [6.45, 7) is 4.41. The van der Waals surface area contributed by atoms with Gasteiger partial charge in [0.25, 0.3) is 0 Å². The van der Waals surface area contributed by atoms with Crippen LogP contribution in [-0.4, -0.2) is 48.5 Å². The molecule has 1 aliphatic rings. The molecule has 1 aliphatic heterocycles. The zero-order valence-corrected chi connectivity index (χ0v) is 21.0. The van der Waals surface area contributed by atoms with E-state index in [1.807, 2.05) is 60.7 Å². The van der Waals surface area contributed by atoms with Gasteiger partial charge in [-0.3, -0.25) is 14.6 Å². The van der Waals surface area contributed by atoms with Crippen LogP contribution in [0.25, 0.3) is 0 Å². The number of carbonyl (C=O) groups is 1. The Labute approximate surface area is 207 Å². The highest BCUT2D eigenvalue weighted by molar-refractivity contribution is 7.98. The van der Waals surface area contributed by atoms with Crippen molar-refractivity contribution < 1.29 is 9.53 Å². The summed E-state index contributed by atoms with van der Waals surface area (Å²) >= 11 is 1.68. The summed E-state index contributed by atoms with van der Waals surface area (Å²) in [6, 6.07) is 24.4. The maximum absolute atomic E-state index is 12.7.